The predicted molar refractivity (Wildman–Crippen MR) is 94.4 cm³/mol. The third-order valence-corrected chi connectivity index (χ3v) is 4.35. The molecule has 2 aromatic heterocycles. The van der Waals surface area contributed by atoms with Crippen LogP contribution in [0.25, 0.3) is 0 Å². The quantitative estimate of drug-likeness (QED) is 0.800. The van der Waals surface area contributed by atoms with Crippen molar-refractivity contribution in [3.63, 3.8) is 0 Å². The minimum absolute atomic E-state index is 0.114. The van der Waals surface area contributed by atoms with E-state index in [1.54, 1.807) is 4.68 Å². The van der Waals surface area contributed by atoms with Crippen LogP contribution in [0.15, 0.2) is 48.9 Å². The first-order valence-corrected chi connectivity index (χ1v) is 8.14. The number of para-hydroxylation sites is 1. The first-order chi connectivity index (χ1) is 11.7. The Hall–Kier alpha value is -2.89. The number of rotatable bonds is 4. The fourth-order valence-corrected chi connectivity index (χ4v) is 3.04. The van der Waals surface area contributed by atoms with Crippen LogP contribution in [0.4, 0.5) is 17.3 Å². The van der Waals surface area contributed by atoms with Gasteiger partial charge >= 0.3 is 0 Å². The Morgan fingerprint density at radius 2 is 2.00 bits per heavy atom. The van der Waals surface area contributed by atoms with Crippen LogP contribution in [0.2, 0.25) is 0 Å². The highest BCUT2D eigenvalue weighted by molar-refractivity contribution is 5.68. The molecule has 0 aliphatic carbocycles. The van der Waals surface area contributed by atoms with Gasteiger partial charge in [0.15, 0.2) is 0 Å². The molecular formula is C18H20N6. The van der Waals surface area contributed by atoms with Crippen LogP contribution < -0.4 is 10.2 Å². The van der Waals surface area contributed by atoms with Crippen molar-refractivity contribution >= 4 is 17.3 Å². The Kier molecular flexibility index (Phi) is 3.65. The summed E-state index contributed by atoms with van der Waals surface area (Å²) in [5.41, 5.74) is 4.49. The molecule has 0 spiro atoms. The zero-order valence-corrected chi connectivity index (χ0v) is 13.8. The second kappa shape index (κ2) is 5.96. The van der Waals surface area contributed by atoms with Crippen LogP contribution >= 0.6 is 0 Å². The summed E-state index contributed by atoms with van der Waals surface area (Å²) in [5, 5.41) is 7.57. The number of benzene rings is 1. The number of aromatic nitrogens is 4. The lowest BCUT2D eigenvalue weighted by molar-refractivity contribution is 0.764. The number of nitrogens with one attached hydrogen (secondary N) is 1. The smallest absolute Gasteiger partial charge is 0.223 e. The molecule has 0 fully saturated rings. The maximum atomic E-state index is 4.71. The first kappa shape index (κ1) is 14.7. The lowest BCUT2D eigenvalue weighted by Gasteiger charge is -2.19. The van der Waals surface area contributed by atoms with Gasteiger partial charge in [-0.3, -0.25) is 4.68 Å². The largest absolute Gasteiger partial charge is 0.348 e. The Morgan fingerprint density at radius 3 is 2.75 bits per heavy atom. The second-order valence-corrected chi connectivity index (χ2v) is 6.08. The molecule has 0 saturated heterocycles. The van der Waals surface area contributed by atoms with Gasteiger partial charge in [-0.2, -0.15) is 5.10 Å². The van der Waals surface area contributed by atoms with Crippen molar-refractivity contribution in [3.8, 4) is 0 Å². The summed E-state index contributed by atoms with van der Waals surface area (Å²) < 4.78 is 1.80. The average molecular weight is 320 g/mol. The van der Waals surface area contributed by atoms with Gasteiger partial charge in [0.1, 0.15) is 0 Å². The van der Waals surface area contributed by atoms with E-state index in [2.05, 4.69) is 51.5 Å². The van der Waals surface area contributed by atoms with E-state index in [0.717, 1.165) is 29.9 Å². The van der Waals surface area contributed by atoms with Gasteiger partial charge < -0.3 is 10.2 Å². The molecule has 1 N–H and O–H groups in total. The fraction of sp³-hybridized carbons (Fsp3) is 0.278. The van der Waals surface area contributed by atoms with Crippen LogP contribution in [0.3, 0.4) is 0 Å². The van der Waals surface area contributed by atoms with Gasteiger partial charge in [-0.25, -0.2) is 9.97 Å². The van der Waals surface area contributed by atoms with Crippen LogP contribution in [-0.2, 0) is 13.5 Å². The minimum Gasteiger partial charge on any atom is -0.348 e. The van der Waals surface area contributed by atoms with Crippen molar-refractivity contribution in [2.75, 3.05) is 16.8 Å². The SMILES string of the molecule is C[C@H](Nc1ncc2c(n1)CCN2c1ccccc1)c1cnn(C)c1. The summed E-state index contributed by atoms with van der Waals surface area (Å²) in [6.07, 6.45) is 6.72. The molecule has 3 aromatic rings. The Labute approximate surface area is 141 Å². The minimum atomic E-state index is 0.114. The molecule has 1 aromatic carbocycles. The number of hydrogen-bond donors (Lipinski definition) is 1. The standard InChI is InChI=1S/C18H20N6/c1-13(14-10-20-23(2)12-14)21-18-19-11-17-16(22-18)8-9-24(17)15-6-4-3-5-7-15/h3-7,10-13H,8-9H2,1-2H3,(H,19,21,22)/t13-/m0/s1. The third kappa shape index (κ3) is 2.71. The Balaban J connectivity index is 1.54. The molecule has 0 radical (unpaired) electrons. The summed E-state index contributed by atoms with van der Waals surface area (Å²) >= 11 is 0. The molecule has 1 atom stereocenters. The second-order valence-electron chi connectivity index (χ2n) is 6.08. The van der Waals surface area contributed by atoms with Gasteiger partial charge in [0, 0.05) is 37.5 Å². The van der Waals surface area contributed by atoms with E-state index in [1.165, 1.54) is 5.69 Å². The lowest BCUT2D eigenvalue weighted by atomic mass is 10.2. The van der Waals surface area contributed by atoms with Crippen molar-refractivity contribution in [2.24, 2.45) is 7.05 Å². The first-order valence-electron chi connectivity index (χ1n) is 8.14. The predicted octanol–water partition coefficient (Wildman–Crippen LogP) is 3.08. The van der Waals surface area contributed by atoms with E-state index >= 15 is 0 Å². The maximum Gasteiger partial charge on any atom is 0.223 e. The van der Waals surface area contributed by atoms with Crippen LogP contribution in [-0.4, -0.2) is 26.3 Å². The molecule has 0 bridgehead atoms. The molecule has 3 heterocycles. The molecule has 0 saturated carbocycles. The van der Waals surface area contributed by atoms with E-state index < -0.39 is 0 Å². The summed E-state index contributed by atoms with van der Waals surface area (Å²) in [6, 6.07) is 10.5. The van der Waals surface area contributed by atoms with Gasteiger partial charge in [-0.05, 0) is 19.1 Å². The molecule has 6 nitrogen and oxygen atoms in total. The molecule has 122 valence electrons. The fourth-order valence-electron chi connectivity index (χ4n) is 3.04. The van der Waals surface area contributed by atoms with Crippen LogP contribution in [0.5, 0.6) is 0 Å². The van der Waals surface area contributed by atoms with Crippen molar-refractivity contribution in [2.45, 2.75) is 19.4 Å². The average Bonchev–Trinajstić information content (AvgIpc) is 3.21. The molecule has 4 rings (SSSR count). The van der Waals surface area contributed by atoms with Crippen molar-refractivity contribution in [1.29, 1.82) is 0 Å². The topological polar surface area (TPSA) is 58.9 Å². The number of aryl methyl sites for hydroxylation is 1. The molecule has 6 heteroatoms. The highest BCUT2D eigenvalue weighted by atomic mass is 15.2. The lowest BCUT2D eigenvalue weighted by Crippen LogP contribution is -2.13. The molecular weight excluding hydrogens is 300 g/mol. The van der Waals surface area contributed by atoms with Gasteiger partial charge in [-0.1, -0.05) is 18.2 Å². The molecule has 1 aliphatic rings. The number of hydrogen-bond acceptors (Lipinski definition) is 5. The van der Waals surface area contributed by atoms with Gasteiger partial charge in [0.2, 0.25) is 5.95 Å². The van der Waals surface area contributed by atoms with Gasteiger partial charge in [0.25, 0.3) is 0 Å². The summed E-state index contributed by atoms with van der Waals surface area (Å²) in [6.45, 7) is 3.03. The normalized spacial score (nSPS) is 14.5. The van der Waals surface area contributed by atoms with E-state index in [-0.39, 0.29) is 6.04 Å². The van der Waals surface area contributed by atoms with E-state index in [1.807, 2.05) is 31.7 Å². The molecule has 0 unspecified atom stereocenters. The third-order valence-electron chi connectivity index (χ3n) is 4.35. The number of fused-ring (bicyclic) bond motifs is 1. The van der Waals surface area contributed by atoms with E-state index in [0.29, 0.717) is 5.95 Å². The van der Waals surface area contributed by atoms with Crippen molar-refractivity contribution < 1.29 is 0 Å². The highest BCUT2D eigenvalue weighted by Crippen LogP contribution is 2.33. The van der Waals surface area contributed by atoms with Gasteiger partial charge in [0.05, 0.1) is 29.8 Å². The van der Waals surface area contributed by atoms with Crippen molar-refractivity contribution in [3.05, 3.63) is 60.2 Å². The Morgan fingerprint density at radius 1 is 1.17 bits per heavy atom. The van der Waals surface area contributed by atoms with Crippen molar-refractivity contribution in [1.82, 2.24) is 19.7 Å². The van der Waals surface area contributed by atoms with Crippen LogP contribution in [0.1, 0.15) is 24.2 Å². The summed E-state index contributed by atoms with van der Waals surface area (Å²) in [7, 11) is 1.92. The van der Waals surface area contributed by atoms with E-state index in [9.17, 15) is 0 Å². The molecule has 24 heavy (non-hydrogen) atoms. The highest BCUT2D eigenvalue weighted by Gasteiger charge is 2.23. The maximum absolute atomic E-state index is 4.71. The zero-order chi connectivity index (χ0) is 16.5. The van der Waals surface area contributed by atoms with Gasteiger partial charge in [-0.15, -0.1) is 0 Å². The molecule has 1 aliphatic heterocycles. The number of anilines is 3. The monoisotopic (exact) mass is 320 g/mol. The summed E-state index contributed by atoms with van der Waals surface area (Å²) in [5.74, 6) is 0.667. The summed E-state index contributed by atoms with van der Waals surface area (Å²) in [4.78, 5) is 11.5. The Bertz CT molecular complexity index is 842. The molecule has 0 amide bonds. The van der Waals surface area contributed by atoms with E-state index in [4.69, 9.17) is 4.98 Å². The zero-order valence-electron chi connectivity index (χ0n) is 13.8. The van der Waals surface area contributed by atoms with Crippen LogP contribution in [0, 0.1) is 0 Å². The number of nitrogens with zero attached hydrogens (tertiary/aromatic N) is 5.